The molecule has 0 aromatic heterocycles. The summed E-state index contributed by atoms with van der Waals surface area (Å²) in [4.78, 5) is 11.8. The van der Waals surface area contributed by atoms with Crippen molar-refractivity contribution in [1.82, 2.24) is 0 Å². The van der Waals surface area contributed by atoms with Crippen molar-refractivity contribution < 1.29 is 13.6 Å². The molecule has 1 rings (SSSR count). The molecule has 0 aliphatic carbocycles. The molecule has 0 aliphatic heterocycles. The Morgan fingerprint density at radius 1 is 1.35 bits per heavy atom. The molecule has 0 saturated carbocycles. The SMILES string of the molecule is CC(C)(C)C(N)C(=O)Cc1ccc(F)cc1F. The fourth-order valence-corrected chi connectivity index (χ4v) is 1.45. The maximum Gasteiger partial charge on any atom is 0.154 e. The monoisotopic (exact) mass is 241 g/mol. The van der Waals surface area contributed by atoms with Crippen LogP contribution in [0.5, 0.6) is 0 Å². The van der Waals surface area contributed by atoms with Gasteiger partial charge in [-0.05, 0) is 17.0 Å². The Bertz CT molecular complexity index is 424. The van der Waals surface area contributed by atoms with Crippen LogP contribution in [-0.4, -0.2) is 11.8 Å². The molecule has 2 N–H and O–H groups in total. The van der Waals surface area contributed by atoms with E-state index in [1.807, 2.05) is 20.8 Å². The zero-order valence-electron chi connectivity index (χ0n) is 10.3. The smallest absolute Gasteiger partial charge is 0.154 e. The highest BCUT2D eigenvalue weighted by Crippen LogP contribution is 2.20. The van der Waals surface area contributed by atoms with Crippen molar-refractivity contribution in [2.24, 2.45) is 11.1 Å². The minimum Gasteiger partial charge on any atom is -0.321 e. The lowest BCUT2D eigenvalue weighted by atomic mass is 9.83. The first-order valence-electron chi connectivity index (χ1n) is 5.44. The summed E-state index contributed by atoms with van der Waals surface area (Å²) >= 11 is 0. The molecule has 17 heavy (non-hydrogen) atoms. The van der Waals surface area contributed by atoms with Crippen LogP contribution in [0.1, 0.15) is 26.3 Å². The summed E-state index contributed by atoms with van der Waals surface area (Å²) in [5, 5.41) is 0. The topological polar surface area (TPSA) is 43.1 Å². The maximum absolute atomic E-state index is 13.3. The number of carbonyl (C=O) groups is 1. The number of benzene rings is 1. The summed E-state index contributed by atoms with van der Waals surface area (Å²) in [7, 11) is 0. The molecule has 94 valence electrons. The third-order valence-corrected chi connectivity index (χ3v) is 2.66. The zero-order chi connectivity index (χ0) is 13.2. The first kappa shape index (κ1) is 13.8. The summed E-state index contributed by atoms with van der Waals surface area (Å²) in [5.74, 6) is -1.61. The van der Waals surface area contributed by atoms with E-state index in [0.29, 0.717) is 0 Å². The fourth-order valence-electron chi connectivity index (χ4n) is 1.45. The number of hydrogen-bond acceptors (Lipinski definition) is 2. The molecule has 2 nitrogen and oxygen atoms in total. The van der Waals surface area contributed by atoms with E-state index in [0.717, 1.165) is 12.1 Å². The Labute approximate surface area is 99.8 Å². The average molecular weight is 241 g/mol. The van der Waals surface area contributed by atoms with Crippen molar-refractivity contribution in [3.05, 3.63) is 35.4 Å². The van der Waals surface area contributed by atoms with Gasteiger partial charge < -0.3 is 5.73 Å². The standard InChI is InChI=1S/C13H17F2NO/c1-13(2,3)12(16)11(17)6-8-4-5-9(14)7-10(8)15/h4-5,7,12H,6,16H2,1-3H3. The molecular formula is C13H17F2NO. The third kappa shape index (κ3) is 3.60. The van der Waals surface area contributed by atoms with Crippen LogP contribution in [0.3, 0.4) is 0 Å². The van der Waals surface area contributed by atoms with Crippen LogP contribution in [0.15, 0.2) is 18.2 Å². The summed E-state index contributed by atoms with van der Waals surface area (Å²) in [6.45, 7) is 5.53. The molecule has 0 bridgehead atoms. The van der Waals surface area contributed by atoms with E-state index >= 15 is 0 Å². The van der Waals surface area contributed by atoms with Gasteiger partial charge in [0, 0.05) is 12.5 Å². The van der Waals surface area contributed by atoms with E-state index in [9.17, 15) is 13.6 Å². The van der Waals surface area contributed by atoms with E-state index in [-0.39, 0.29) is 23.2 Å². The van der Waals surface area contributed by atoms with Crippen molar-refractivity contribution in [3.63, 3.8) is 0 Å². The van der Waals surface area contributed by atoms with Gasteiger partial charge in [-0.25, -0.2) is 8.78 Å². The number of hydrogen-bond donors (Lipinski definition) is 1. The van der Waals surface area contributed by atoms with Crippen LogP contribution >= 0.6 is 0 Å². The normalized spacial score (nSPS) is 13.5. The van der Waals surface area contributed by atoms with Crippen LogP contribution in [0, 0.1) is 17.0 Å². The van der Waals surface area contributed by atoms with Gasteiger partial charge in [0.2, 0.25) is 0 Å². The molecule has 0 fully saturated rings. The van der Waals surface area contributed by atoms with Crippen LogP contribution in [-0.2, 0) is 11.2 Å². The Morgan fingerprint density at radius 3 is 2.41 bits per heavy atom. The molecule has 0 aliphatic rings. The second-order valence-electron chi connectivity index (χ2n) is 5.22. The summed E-state index contributed by atoms with van der Waals surface area (Å²) in [6, 6.07) is 2.52. The first-order valence-corrected chi connectivity index (χ1v) is 5.44. The molecule has 1 aromatic carbocycles. The molecule has 1 aromatic rings. The molecule has 1 unspecified atom stereocenters. The minimum absolute atomic E-state index is 0.107. The summed E-state index contributed by atoms with van der Waals surface area (Å²) < 4.78 is 26.0. The average Bonchev–Trinajstić information content (AvgIpc) is 2.19. The molecular weight excluding hydrogens is 224 g/mol. The number of carbonyl (C=O) groups excluding carboxylic acids is 1. The van der Waals surface area contributed by atoms with Crippen LogP contribution < -0.4 is 5.73 Å². The van der Waals surface area contributed by atoms with Crippen LogP contribution in [0.25, 0.3) is 0 Å². The molecule has 1 atom stereocenters. The van der Waals surface area contributed by atoms with E-state index in [1.54, 1.807) is 0 Å². The highest BCUT2D eigenvalue weighted by atomic mass is 19.1. The lowest BCUT2D eigenvalue weighted by Crippen LogP contribution is -2.43. The van der Waals surface area contributed by atoms with E-state index in [1.165, 1.54) is 6.07 Å². The largest absolute Gasteiger partial charge is 0.321 e. The molecule has 0 amide bonds. The van der Waals surface area contributed by atoms with Gasteiger partial charge >= 0.3 is 0 Å². The van der Waals surface area contributed by atoms with Gasteiger partial charge in [0.05, 0.1) is 6.04 Å². The van der Waals surface area contributed by atoms with Gasteiger partial charge in [0.1, 0.15) is 11.6 Å². The van der Waals surface area contributed by atoms with E-state index in [2.05, 4.69) is 0 Å². The van der Waals surface area contributed by atoms with Crippen molar-refractivity contribution in [1.29, 1.82) is 0 Å². The highest BCUT2D eigenvalue weighted by molar-refractivity contribution is 5.86. The number of nitrogens with two attached hydrogens (primary N) is 1. The van der Waals surface area contributed by atoms with Crippen molar-refractivity contribution in [2.45, 2.75) is 33.2 Å². The lowest BCUT2D eigenvalue weighted by Gasteiger charge is -2.25. The van der Waals surface area contributed by atoms with Crippen molar-refractivity contribution in [2.75, 3.05) is 0 Å². The second kappa shape index (κ2) is 4.92. The van der Waals surface area contributed by atoms with Gasteiger partial charge in [-0.15, -0.1) is 0 Å². The van der Waals surface area contributed by atoms with E-state index < -0.39 is 17.7 Å². The predicted molar refractivity (Wildman–Crippen MR) is 62.5 cm³/mol. The maximum atomic E-state index is 13.3. The zero-order valence-corrected chi connectivity index (χ0v) is 10.3. The summed E-state index contributed by atoms with van der Waals surface area (Å²) in [5.41, 5.74) is 5.59. The molecule has 0 heterocycles. The van der Waals surface area contributed by atoms with Gasteiger partial charge in [-0.3, -0.25) is 4.79 Å². The van der Waals surface area contributed by atoms with Crippen molar-refractivity contribution in [3.8, 4) is 0 Å². The van der Waals surface area contributed by atoms with Gasteiger partial charge in [-0.2, -0.15) is 0 Å². The number of halogens is 2. The highest BCUT2D eigenvalue weighted by Gasteiger charge is 2.27. The van der Waals surface area contributed by atoms with Gasteiger partial charge in [0.15, 0.2) is 5.78 Å². The Balaban J connectivity index is 2.82. The number of Topliss-reactive ketones (excluding diaryl/α,β-unsaturated/α-hetero) is 1. The number of rotatable bonds is 3. The number of ketones is 1. The van der Waals surface area contributed by atoms with Crippen molar-refractivity contribution >= 4 is 5.78 Å². The fraction of sp³-hybridized carbons (Fsp3) is 0.462. The summed E-state index contributed by atoms with van der Waals surface area (Å²) in [6.07, 6.45) is -0.107. The Kier molecular flexibility index (Phi) is 3.98. The Morgan fingerprint density at radius 2 is 1.94 bits per heavy atom. The third-order valence-electron chi connectivity index (χ3n) is 2.66. The molecule has 0 saturated heterocycles. The van der Waals surface area contributed by atoms with Gasteiger partial charge in [-0.1, -0.05) is 26.8 Å². The van der Waals surface area contributed by atoms with E-state index in [4.69, 9.17) is 5.73 Å². The Hall–Kier alpha value is -1.29. The van der Waals surface area contributed by atoms with Gasteiger partial charge in [0.25, 0.3) is 0 Å². The van der Waals surface area contributed by atoms with Crippen LogP contribution in [0.2, 0.25) is 0 Å². The quantitative estimate of drug-likeness (QED) is 0.883. The predicted octanol–water partition coefficient (Wildman–Crippen LogP) is 2.45. The van der Waals surface area contributed by atoms with Crippen LogP contribution in [0.4, 0.5) is 8.78 Å². The molecule has 0 radical (unpaired) electrons. The first-order chi connectivity index (χ1) is 7.71. The lowest BCUT2D eigenvalue weighted by molar-refractivity contribution is -0.121. The molecule has 4 heteroatoms. The minimum atomic E-state index is -0.709. The molecule has 0 spiro atoms. The second-order valence-corrected chi connectivity index (χ2v) is 5.22.